The minimum Gasteiger partial charge on any atom is -0.134 e. The van der Waals surface area contributed by atoms with Gasteiger partial charge in [0.15, 0.2) is 0 Å². The van der Waals surface area contributed by atoms with E-state index in [4.69, 9.17) is 0 Å². The molecule has 0 amide bonds. The van der Waals surface area contributed by atoms with Crippen LogP contribution in [0.5, 0.6) is 0 Å². The molecule has 1 heterocycles. The van der Waals surface area contributed by atoms with Gasteiger partial charge in [-0.2, -0.15) is 0 Å². The van der Waals surface area contributed by atoms with E-state index in [2.05, 4.69) is 182 Å². The average Bonchev–Trinajstić information content (AvgIpc) is 3.61. The van der Waals surface area contributed by atoms with Crippen molar-refractivity contribution < 1.29 is 0 Å². The highest BCUT2D eigenvalue weighted by molar-refractivity contribution is 7.27. The van der Waals surface area contributed by atoms with Crippen LogP contribution in [0, 0.1) is 0 Å². The molecule has 1 aromatic heterocycles. The maximum Gasteiger partial charge on any atom is 0.0440 e. The van der Waals surface area contributed by atoms with E-state index in [1.54, 1.807) is 0 Å². The number of hydrogen-bond acceptors (Lipinski definition) is 1. The quantitative estimate of drug-likeness (QED) is 0.125. The summed E-state index contributed by atoms with van der Waals surface area (Å²) in [4.78, 5) is 0. The van der Waals surface area contributed by atoms with Crippen molar-refractivity contribution in [1.29, 1.82) is 0 Å². The van der Waals surface area contributed by atoms with Gasteiger partial charge >= 0.3 is 0 Å². The van der Waals surface area contributed by atoms with Crippen molar-refractivity contribution in [3.63, 3.8) is 0 Å². The summed E-state index contributed by atoms with van der Waals surface area (Å²) in [6, 6.07) is 67.8. The van der Waals surface area contributed by atoms with E-state index < -0.39 is 0 Å². The molecular weight excluding hydrogens is 657 g/mol. The van der Waals surface area contributed by atoms with Gasteiger partial charge in [0.25, 0.3) is 0 Å². The lowest BCUT2D eigenvalue weighted by molar-refractivity contribution is 1.66. The van der Waals surface area contributed by atoms with Gasteiger partial charge in [0.05, 0.1) is 0 Å². The van der Waals surface area contributed by atoms with Crippen molar-refractivity contribution in [2.24, 2.45) is 0 Å². The van der Waals surface area contributed by atoms with Crippen LogP contribution < -0.4 is 0 Å². The topological polar surface area (TPSA) is 0 Å². The second kappa shape index (κ2) is 11.0. The summed E-state index contributed by atoms with van der Waals surface area (Å²) in [6.07, 6.45) is 0. The highest BCUT2D eigenvalue weighted by Crippen LogP contribution is 2.48. The molecule has 0 aliphatic rings. The molecule has 0 spiro atoms. The van der Waals surface area contributed by atoms with Crippen molar-refractivity contribution in [1.82, 2.24) is 0 Å². The molecule has 0 saturated carbocycles. The molecule has 0 nitrogen and oxygen atoms in total. The molecule has 0 bridgehead atoms. The zero-order valence-electron chi connectivity index (χ0n) is 28.7. The summed E-state index contributed by atoms with van der Waals surface area (Å²) in [5.41, 5.74) is 5.08. The number of rotatable bonds is 2. The molecule has 0 radical (unpaired) electrons. The molecule has 0 unspecified atom stereocenters. The summed E-state index contributed by atoms with van der Waals surface area (Å²) in [7, 11) is 0. The Balaban J connectivity index is 1.19. The second-order valence-corrected chi connectivity index (χ2v) is 15.4. The zero-order chi connectivity index (χ0) is 34.6. The van der Waals surface area contributed by atoms with Gasteiger partial charge < -0.3 is 0 Å². The second-order valence-electron chi connectivity index (χ2n) is 14.3. The van der Waals surface area contributed by atoms with Gasteiger partial charge in [-0.1, -0.05) is 164 Å². The van der Waals surface area contributed by atoms with Gasteiger partial charge in [-0.25, -0.2) is 0 Å². The smallest absolute Gasteiger partial charge is 0.0440 e. The first-order valence-corrected chi connectivity index (χ1v) is 19.2. The Bertz CT molecular complexity index is 3440. The van der Waals surface area contributed by atoms with E-state index in [9.17, 15) is 0 Å². The SMILES string of the molecule is c1ccc(-c2c3ccccc3c(-c3ccc4c(c3)c3ccccc3c3cc5c(cc43)sc3c4ccccc4c4ccccc4c53)c3ccccc23)cc1. The molecule has 0 fully saturated rings. The average molecular weight is 687 g/mol. The predicted molar refractivity (Wildman–Crippen MR) is 233 cm³/mol. The van der Waals surface area contributed by atoms with Crippen LogP contribution >= 0.6 is 11.3 Å². The number of benzene rings is 11. The van der Waals surface area contributed by atoms with E-state index in [0.29, 0.717) is 0 Å². The van der Waals surface area contributed by atoms with Crippen LogP contribution in [0.15, 0.2) is 182 Å². The first-order valence-electron chi connectivity index (χ1n) is 18.3. The van der Waals surface area contributed by atoms with E-state index >= 15 is 0 Å². The molecular formula is C52H30S. The monoisotopic (exact) mass is 686 g/mol. The molecule has 12 rings (SSSR count). The maximum atomic E-state index is 2.49. The Kier molecular flexibility index (Phi) is 6.03. The van der Waals surface area contributed by atoms with Crippen molar-refractivity contribution in [2.75, 3.05) is 0 Å². The van der Waals surface area contributed by atoms with Gasteiger partial charge in [-0.3, -0.25) is 0 Å². The maximum absolute atomic E-state index is 2.49. The molecule has 0 saturated heterocycles. The van der Waals surface area contributed by atoms with Crippen molar-refractivity contribution in [3.8, 4) is 22.3 Å². The first-order chi connectivity index (χ1) is 26.3. The summed E-state index contributed by atoms with van der Waals surface area (Å²) in [6.45, 7) is 0. The van der Waals surface area contributed by atoms with Gasteiger partial charge in [0, 0.05) is 25.6 Å². The fraction of sp³-hybridized carbons (Fsp3) is 0. The van der Waals surface area contributed by atoms with Crippen LogP contribution in [0.4, 0.5) is 0 Å². The van der Waals surface area contributed by atoms with Gasteiger partial charge in [0.2, 0.25) is 0 Å². The third-order valence-electron chi connectivity index (χ3n) is 11.6. The minimum absolute atomic E-state index is 1.25. The number of fused-ring (bicyclic) bond motifs is 16. The van der Waals surface area contributed by atoms with Crippen LogP contribution in [-0.4, -0.2) is 0 Å². The summed E-state index contributed by atoms with van der Waals surface area (Å²) < 4.78 is 2.71. The fourth-order valence-electron chi connectivity index (χ4n) is 9.36. The molecule has 0 aliphatic heterocycles. The van der Waals surface area contributed by atoms with Crippen LogP contribution in [0.1, 0.15) is 0 Å². The summed E-state index contributed by atoms with van der Waals surface area (Å²) in [5.74, 6) is 0. The van der Waals surface area contributed by atoms with Crippen LogP contribution in [-0.2, 0) is 0 Å². The van der Waals surface area contributed by atoms with Gasteiger partial charge in [-0.15, -0.1) is 11.3 Å². The standard InChI is InChI=1S/C52H30S/c1-2-14-31(15-3-1)49-39-21-9-11-23-41(39)50(42-24-12-10-22-40(42)49)32-26-27-37-44(28-32)35-18-4-5-19-36(35)45-29-47-48(30-46(37)45)53-52-43-25-13-7-17-34(43)33-16-6-8-20-38(33)51(47)52/h1-30H. The Hall–Kier alpha value is -6.54. The molecule has 0 aliphatic carbocycles. The Morgan fingerprint density at radius 2 is 0.660 bits per heavy atom. The number of thiophene rings is 1. The largest absolute Gasteiger partial charge is 0.134 e. The Morgan fingerprint density at radius 1 is 0.245 bits per heavy atom. The minimum atomic E-state index is 1.25. The Morgan fingerprint density at radius 3 is 1.26 bits per heavy atom. The molecule has 1 heteroatoms. The lowest BCUT2D eigenvalue weighted by atomic mass is 9.85. The van der Waals surface area contributed by atoms with Crippen molar-refractivity contribution >= 4 is 107 Å². The molecule has 12 aromatic rings. The predicted octanol–water partition coefficient (Wildman–Crippen LogP) is 15.5. The van der Waals surface area contributed by atoms with E-state index in [0.717, 1.165) is 0 Å². The van der Waals surface area contributed by atoms with Crippen LogP contribution in [0.2, 0.25) is 0 Å². The van der Waals surface area contributed by atoms with Crippen LogP contribution in [0.3, 0.4) is 0 Å². The van der Waals surface area contributed by atoms with E-state index in [1.165, 1.54) is 118 Å². The van der Waals surface area contributed by atoms with Gasteiger partial charge in [-0.05, 0) is 110 Å². The molecule has 244 valence electrons. The summed E-state index contributed by atoms with van der Waals surface area (Å²) >= 11 is 1.94. The zero-order valence-corrected chi connectivity index (χ0v) is 29.5. The first kappa shape index (κ1) is 29.1. The van der Waals surface area contributed by atoms with Gasteiger partial charge in [0.1, 0.15) is 0 Å². The molecule has 11 aromatic carbocycles. The number of hydrogen-bond donors (Lipinski definition) is 0. The fourth-order valence-corrected chi connectivity index (χ4v) is 10.6. The Labute approximate surface area is 309 Å². The summed E-state index contributed by atoms with van der Waals surface area (Å²) in [5, 5.41) is 21.0. The van der Waals surface area contributed by atoms with E-state index in [1.807, 2.05) is 11.3 Å². The molecule has 53 heavy (non-hydrogen) atoms. The lowest BCUT2D eigenvalue weighted by Crippen LogP contribution is -1.91. The van der Waals surface area contributed by atoms with E-state index in [-0.39, 0.29) is 0 Å². The van der Waals surface area contributed by atoms with Crippen LogP contribution in [0.25, 0.3) is 118 Å². The highest BCUT2D eigenvalue weighted by Gasteiger charge is 2.20. The molecule has 0 atom stereocenters. The lowest BCUT2D eigenvalue weighted by Gasteiger charge is -2.18. The molecule has 0 N–H and O–H groups in total. The third-order valence-corrected chi connectivity index (χ3v) is 12.8. The third kappa shape index (κ3) is 4.06. The highest BCUT2D eigenvalue weighted by atomic mass is 32.1. The van der Waals surface area contributed by atoms with Crippen molar-refractivity contribution in [3.05, 3.63) is 182 Å². The van der Waals surface area contributed by atoms with Crippen molar-refractivity contribution in [2.45, 2.75) is 0 Å². The normalized spacial score (nSPS) is 12.2.